The Hall–Kier alpha value is -2.69. The molecular weight excluding hydrogens is 336 g/mol. The first kappa shape index (κ1) is 17.7. The Labute approximate surface area is 160 Å². The molecule has 5 heteroatoms. The van der Waals surface area contributed by atoms with Crippen molar-refractivity contribution < 1.29 is 4.79 Å². The van der Waals surface area contributed by atoms with Crippen LogP contribution in [0.4, 0.5) is 11.5 Å². The first-order valence-corrected chi connectivity index (χ1v) is 9.89. The van der Waals surface area contributed by atoms with Crippen molar-refractivity contribution >= 4 is 17.4 Å². The second-order valence-electron chi connectivity index (χ2n) is 7.45. The van der Waals surface area contributed by atoms with Crippen LogP contribution in [0, 0.1) is 0 Å². The highest BCUT2D eigenvalue weighted by atomic mass is 16.2. The van der Waals surface area contributed by atoms with Crippen LogP contribution in [-0.4, -0.2) is 28.7 Å². The molecule has 27 heavy (non-hydrogen) atoms. The minimum atomic E-state index is -0.0844. The van der Waals surface area contributed by atoms with E-state index in [1.807, 2.05) is 29.2 Å². The fourth-order valence-electron chi connectivity index (χ4n) is 4.02. The summed E-state index contributed by atoms with van der Waals surface area (Å²) >= 11 is 0. The SMILES string of the molecule is CC1Cc2ccccc2N1C(=O)c1ccc(NCCC2=CCCCC2)nn1. The zero-order valence-electron chi connectivity index (χ0n) is 15.8. The van der Waals surface area contributed by atoms with Crippen LogP contribution in [0.2, 0.25) is 0 Å². The van der Waals surface area contributed by atoms with Crippen LogP contribution in [0.3, 0.4) is 0 Å². The van der Waals surface area contributed by atoms with Crippen molar-refractivity contribution in [3.8, 4) is 0 Å². The van der Waals surface area contributed by atoms with Crippen molar-refractivity contribution in [1.82, 2.24) is 10.2 Å². The molecule has 0 saturated heterocycles. The maximum Gasteiger partial charge on any atom is 0.279 e. The molecule has 0 saturated carbocycles. The Morgan fingerprint density at radius 1 is 1.19 bits per heavy atom. The average molecular weight is 362 g/mol. The Morgan fingerprint density at radius 3 is 2.85 bits per heavy atom. The van der Waals surface area contributed by atoms with Gasteiger partial charge in [-0.05, 0) is 69.2 Å². The van der Waals surface area contributed by atoms with Crippen LogP contribution in [0.15, 0.2) is 48.0 Å². The van der Waals surface area contributed by atoms with Crippen LogP contribution >= 0.6 is 0 Å². The lowest BCUT2D eigenvalue weighted by atomic mass is 9.97. The maximum absolute atomic E-state index is 12.9. The molecule has 1 aliphatic heterocycles. The third kappa shape index (κ3) is 3.87. The zero-order valence-corrected chi connectivity index (χ0v) is 15.8. The van der Waals surface area contributed by atoms with Gasteiger partial charge in [0, 0.05) is 18.3 Å². The fraction of sp³-hybridized carbons (Fsp3) is 0.409. The van der Waals surface area contributed by atoms with E-state index >= 15 is 0 Å². The monoisotopic (exact) mass is 362 g/mol. The summed E-state index contributed by atoms with van der Waals surface area (Å²) in [5.41, 5.74) is 4.12. The maximum atomic E-state index is 12.9. The van der Waals surface area contributed by atoms with Gasteiger partial charge in [0.2, 0.25) is 0 Å². The van der Waals surface area contributed by atoms with E-state index in [0.29, 0.717) is 5.69 Å². The largest absolute Gasteiger partial charge is 0.368 e. The van der Waals surface area contributed by atoms with Crippen LogP contribution in [0.1, 0.15) is 55.1 Å². The number of fused-ring (bicyclic) bond motifs is 1. The van der Waals surface area contributed by atoms with Gasteiger partial charge in [-0.15, -0.1) is 10.2 Å². The summed E-state index contributed by atoms with van der Waals surface area (Å²) in [6.45, 7) is 2.92. The molecule has 1 unspecified atom stereocenters. The molecule has 4 rings (SSSR count). The summed E-state index contributed by atoms with van der Waals surface area (Å²) in [6.07, 6.45) is 9.35. The third-order valence-electron chi connectivity index (χ3n) is 5.45. The van der Waals surface area contributed by atoms with Gasteiger partial charge >= 0.3 is 0 Å². The number of para-hydroxylation sites is 1. The molecule has 1 amide bonds. The lowest BCUT2D eigenvalue weighted by molar-refractivity contribution is 0.0975. The highest BCUT2D eigenvalue weighted by Crippen LogP contribution is 2.32. The smallest absolute Gasteiger partial charge is 0.279 e. The van der Waals surface area contributed by atoms with E-state index in [1.165, 1.54) is 36.8 Å². The number of rotatable bonds is 5. The van der Waals surface area contributed by atoms with Gasteiger partial charge < -0.3 is 10.2 Å². The number of amides is 1. The van der Waals surface area contributed by atoms with Gasteiger partial charge in [-0.2, -0.15) is 0 Å². The number of anilines is 2. The first-order valence-electron chi connectivity index (χ1n) is 9.89. The Balaban J connectivity index is 1.38. The third-order valence-corrected chi connectivity index (χ3v) is 5.45. The van der Waals surface area contributed by atoms with Crippen LogP contribution in [0.25, 0.3) is 0 Å². The standard InChI is InChI=1S/C22H26N4O/c1-16-15-18-9-5-6-10-20(18)26(16)22(27)19-11-12-21(25-24-19)23-14-13-17-7-3-2-4-8-17/h5-7,9-12,16H,2-4,8,13-15H2,1H3,(H,23,25). The molecule has 2 aromatic rings. The topological polar surface area (TPSA) is 58.1 Å². The van der Waals surface area contributed by atoms with Crippen molar-refractivity contribution in [2.75, 3.05) is 16.8 Å². The Morgan fingerprint density at radius 2 is 2.07 bits per heavy atom. The summed E-state index contributed by atoms with van der Waals surface area (Å²) in [6, 6.07) is 11.8. The molecule has 5 nitrogen and oxygen atoms in total. The van der Waals surface area contributed by atoms with E-state index in [1.54, 1.807) is 6.07 Å². The zero-order chi connectivity index (χ0) is 18.6. The van der Waals surface area contributed by atoms with Gasteiger partial charge in [0.25, 0.3) is 5.91 Å². The summed E-state index contributed by atoms with van der Waals surface area (Å²) in [4.78, 5) is 14.8. The van der Waals surface area contributed by atoms with E-state index in [0.717, 1.165) is 30.9 Å². The summed E-state index contributed by atoms with van der Waals surface area (Å²) in [7, 11) is 0. The number of allylic oxidation sites excluding steroid dienone is 1. The first-order chi connectivity index (χ1) is 13.2. The molecule has 1 N–H and O–H groups in total. The molecular formula is C22H26N4O. The summed E-state index contributed by atoms with van der Waals surface area (Å²) in [5, 5.41) is 11.7. The van der Waals surface area contributed by atoms with Crippen LogP contribution < -0.4 is 10.2 Å². The molecule has 1 atom stereocenters. The molecule has 1 aromatic heterocycles. The van der Waals surface area contributed by atoms with E-state index in [4.69, 9.17) is 0 Å². The lowest BCUT2D eigenvalue weighted by Gasteiger charge is -2.22. The fourth-order valence-corrected chi connectivity index (χ4v) is 4.02. The van der Waals surface area contributed by atoms with Crippen LogP contribution in [0.5, 0.6) is 0 Å². The minimum absolute atomic E-state index is 0.0844. The van der Waals surface area contributed by atoms with Gasteiger partial charge in [-0.1, -0.05) is 29.8 Å². The second kappa shape index (κ2) is 7.91. The molecule has 0 fully saturated rings. The molecule has 1 aromatic carbocycles. The lowest BCUT2D eigenvalue weighted by Crippen LogP contribution is -2.36. The quantitative estimate of drug-likeness (QED) is 0.803. The number of carbonyl (C=O) groups excluding carboxylic acids is 1. The minimum Gasteiger partial charge on any atom is -0.368 e. The molecule has 0 bridgehead atoms. The van der Waals surface area contributed by atoms with E-state index in [9.17, 15) is 4.79 Å². The number of carbonyl (C=O) groups is 1. The summed E-state index contributed by atoms with van der Waals surface area (Å²) < 4.78 is 0. The number of hydrogen-bond acceptors (Lipinski definition) is 4. The number of nitrogens with one attached hydrogen (secondary N) is 1. The van der Waals surface area contributed by atoms with Crippen molar-refractivity contribution in [2.45, 2.75) is 51.5 Å². The molecule has 140 valence electrons. The number of nitrogens with zero attached hydrogens (tertiary/aromatic N) is 3. The average Bonchev–Trinajstić information content (AvgIpc) is 3.04. The van der Waals surface area contributed by atoms with E-state index in [-0.39, 0.29) is 11.9 Å². The van der Waals surface area contributed by atoms with Gasteiger partial charge in [0.1, 0.15) is 5.82 Å². The number of hydrogen-bond donors (Lipinski definition) is 1. The predicted octanol–water partition coefficient (Wildman–Crippen LogP) is 4.37. The van der Waals surface area contributed by atoms with Gasteiger partial charge in [0.05, 0.1) is 0 Å². The highest BCUT2D eigenvalue weighted by molar-refractivity contribution is 6.06. The van der Waals surface area contributed by atoms with Crippen molar-refractivity contribution in [3.05, 3.63) is 59.3 Å². The normalized spacial score (nSPS) is 18.8. The molecule has 2 heterocycles. The van der Waals surface area contributed by atoms with E-state index < -0.39 is 0 Å². The Kier molecular flexibility index (Phi) is 5.19. The number of benzene rings is 1. The number of aromatic nitrogens is 2. The van der Waals surface area contributed by atoms with E-state index in [2.05, 4.69) is 34.6 Å². The van der Waals surface area contributed by atoms with Gasteiger partial charge in [-0.3, -0.25) is 4.79 Å². The van der Waals surface area contributed by atoms with Crippen molar-refractivity contribution in [2.24, 2.45) is 0 Å². The molecule has 0 radical (unpaired) electrons. The molecule has 2 aliphatic rings. The van der Waals surface area contributed by atoms with Crippen LogP contribution in [-0.2, 0) is 6.42 Å². The van der Waals surface area contributed by atoms with Crippen molar-refractivity contribution in [1.29, 1.82) is 0 Å². The van der Waals surface area contributed by atoms with Crippen molar-refractivity contribution in [3.63, 3.8) is 0 Å². The summed E-state index contributed by atoms with van der Waals surface area (Å²) in [5.74, 6) is 0.636. The van der Waals surface area contributed by atoms with Gasteiger partial charge in [0.15, 0.2) is 5.69 Å². The predicted molar refractivity (Wildman–Crippen MR) is 108 cm³/mol. The molecule has 0 spiro atoms. The highest BCUT2D eigenvalue weighted by Gasteiger charge is 2.31. The Bertz CT molecular complexity index is 844. The second-order valence-corrected chi connectivity index (χ2v) is 7.45. The molecule has 1 aliphatic carbocycles. The van der Waals surface area contributed by atoms with Gasteiger partial charge in [-0.25, -0.2) is 0 Å².